The number of hydrogen-bond acceptors (Lipinski definition) is 0. The van der Waals surface area contributed by atoms with Gasteiger partial charge in [-0.15, -0.1) is 0 Å². The lowest BCUT2D eigenvalue weighted by molar-refractivity contribution is 0.585. The van der Waals surface area contributed by atoms with E-state index in [0.29, 0.717) is 5.56 Å². The number of rotatable bonds is 5. The summed E-state index contributed by atoms with van der Waals surface area (Å²) >= 11 is 5.60. The van der Waals surface area contributed by atoms with E-state index in [1.807, 2.05) is 12.1 Å². The van der Waals surface area contributed by atoms with Gasteiger partial charge in [0.05, 0.1) is 0 Å². The van der Waals surface area contributed by atoms with Crippen LogP contribution in [-0.2, 0) is 12.8 Å². The van der Waals surface area contributed by atoms with Crippen molar-refractivity contribution in [2.45, 2.75) is 39.0 Å². The summed E-state index contributed by atoms with van der Waals surface area (Å²) in [5.74, 6) is -1.46. The second-order valence-electron chi connectivity index (χ2n) is 7.25. The smallest absolute Gasteiger partial charge is 0.145 e. The van der Waals surface area contributed by atoms with Gasteiger partial charge in [-0.2, -0.15) is 0 Å². The van der Waals surface area contributed by atoms with Gasteiger partial charge in [-0.1, -0.05) is 67.8 Å². The van der Waals surface area contributed by atoms with Crippen LogP contribution < -0.4 is 0 Å². The first-order chi connectivity index (χ1) is 13.1. The fourth-order valence-corrected chi connectivity index (χ4v) is 4.01. The van der Waals surface area contributed by atoms with E-state index in [1.165, 1.54) is 59.2 Å². The zero-order valence-electron chi connectivity index (χ0n) is 15.3. The average Bonchev–Trinajstić information content (AvgIpc) is 3.02. The second kappa shape index (κ2) is 7.44. The van der Waals surface area contributed by atoms with Gasteiger partial charge in [0.2, 0.25) is 0 Å². The van der Waals surface area contributed by atoms with Crippen LogP contribution in [0.4, 0.5) is 8.78 Å². The first-order valence-electron chi connectivity index (χ1n) is 9.47. The highest BCUT2D eigenvalue weighted by atomic mass is 35.5. The Morgan fingerprint density at radius 1 is 0.815 bits per heavy atom. The molecule has 0 bridgehead atoms. The van der Waals surface area contributed by atoms with Crippen LogP contribution >= 0.6 is 11.6 Å². The highest BCUT2D eigenvalue weighted by molar-refractivity contribution is 6.31. The lowest BCUT2D eigenvalue weighted by Gasteiger charge is -2.07. The van der Waals surface area contributed by atoms with Crippen molar-refractivity contribution < 1.29 is 8.78 Å². The molecule has 0 N–H and O–H groups in total. The lowest BCUT2D eigenvalue weighted by atomic mass is 9.98. The largest absolute Gasteiger partial charge is 0.205 e. The molecule has 0 spiro atoms. The quantitative estimate of drug-likeness (QED) is 0.246. The van der Waals surface area contributed by atoms with Crippen LogP contribution in [0.5, 0.6) is 0 Å². The van der Waals surface area contributed by atoms with E-state index in [9.17, 15) is 8.78 Å². The van der Waals surface area contributed by atoms with Crippen LogP contribution in [0.1, 0.15) is 42.9 Å². The molecule has 0 atom stereocenters. The van der Waals surface area contributed by atoms with Crippen LogP contribution in [0.3, 0.4) is 0 Å². The molecule has 0 unspecified atom stereocenters. The maximum Gasteiger partial charge on any atom is 0.145 e. The van der Waals surface area contributed by atoms with Crippen molar-refractivity contribution in [1.29, 1.82) is 0 Å². The van der Waals surface area contributed by atoms with Crippen LogP contribution in [0.15, 0.2) is 48.5 Å². The minimum atomic E-state index is -0.729. The first-order valence-corrected chi connectivity index (χ1v) is 9.84. The topological polar surface area (TPSA) is 0 Å². The van der Waals surface area contributed by atoms with Gasteiger partial charge in [0, 0.05) is 0 Å². The molecule has 4 rings (SSSR count). The molecule has 0 heterocycles. The maximum absolute atomic E-state index is 13.8. The normalized spacial score (nSPS) is 12.1. The summed E-state index contributed by atoms with van der Waals surface area (Å²) in [6.07, 6.45) is 5.69. The lowest BCUT2D eigenvalue weighted by Crippen LogP contribution is -1.89. The van der Waals surface area contributed by atoms with Crippen LogP contribution in [-0.4, -0.2) is 0 Å². The molecule has 0 aromatic heterocycles. The highest BCUT2D eigenvalue weighted by Crippen LogP contribution is 2.39. The summed E-state index contributed by atoms with van der Waals surface area (Å²) < 4.78 is 27.6. The van der Waals surface area contributed by atoms with Crippen molar-refractivity contribution in [3.63, 3.8) is 0 Å². The van der Waals surface area contributed by atoms with Crippen molar-refractivity contribution in [2.24, 2.45) is 0 Å². The van der Waals surface area contributed by atoms with E-state index < -0.39 is 16.7 Å². The summed E-state index contributed by atoms with van der Waals surface area (Å²) in [5, 5.41) is -0.456. The Morgan fingerprint density at radius 3 is 2.19 bits per heavy atom. The van der Waals surface area contributed by atoms with Crippen LogP contribution in [0, 0.1) is 11.6 Å². The highest BCUT2D eigenvalue weighted by Gasteiger charge is 2.20. The third-order valence-electron chi connectivity index (χ3n) is 5.33. The van der Waals surface area contributed by atoms with E-state index in [2.05, 4.69) is 31.2 Å². The zero-order chi connectivity index (χ0) is 19.0. The Hall–Kier alpha value is -2.19. The molecule has 0 nitrogen and oxygen atoms in total. The van der Waals surface area contributed by atoms with Gasteiger partial charge >= 0.3 is 0 Å². The molecule has 3 heteroatoms. The maximum atomic E-state index is 13.8. The second-order valence-corrected chi connectivity index (χ2v) is 7.63. The number of halogens is 3. The first kappa shape index (κ1) is 18.2. The van der Waals surface area contributed by atoms with Gasteiger partial charge in [0.1, 0.15) is 16.7 Å². The molecule has 1 aliphatic carbocycles. The molecule has 0 amide bonds. The summed E-state index contributed by atoms with van der Waals surface area (Å²) in [5.41, 5.74) is 7.71. The monoisotopic (exact) mass is 382 g/mol. The van der Waals surface area contributed by atoms with E-state index in [4.69, 9.17) is 11.6 Å². The number of benzene rings is 3. The predicted octanol–water partition coefficient (Wildman–Crippen LogP) is 7.59. The van der Waals surface area contributed by atoms with Crippen molar-refractivity contribution in [1.82, 2.24) is 0 Å². The van der Waals surface area contributed by atoms with Crippen molar-refractivity contribution >= 4 is 11.6 Å². The molecule has 1 aliphatic rings. The van der Waals surface area contributed by atoms with Gasteiger partial charge in [0.15, 0.2) is 0 Å². The molecule has 138 valence electrons. The standard InChI is InChI=1S/C24H21ClF2/c1-2-3-4-5-15-6-8-20-18(10-15)12-19-11-16(7-9-21(19)20)17-13-22(26)24(25)23(27)14-17/h6-11,13-14H,2-5,12H2,1H3. The minimum Gasteiger partial charge on any atom is -0.205 e. The van der Waals surface area contributed by atoms with Gasteiger partial charge < -0.3 is 0 Å². The third kappa shape index (κ3) is 3.51. The van der Waals surface area contributed by atoms with Crippen molar-refractivity contribution in [3.8, 4) is 22.3 Å². The molecular formula is C24H21ClF2. The van der Waals surface area contributed by atoms with Gasteiger partial charge in [-0.3, -0.25) is 0 Å². The Balaban J connectivity index is 1.64. The Bertz CT molecular complexity index is 984. The van der Waals surface area contributed by atoms with Crippen LogP contribution in [0.25, 0.3) is 22.3 Å². The van der Waals surface area contributed by atoms with Gasteiger partial charge in [-0.05, 0) is 70.3 Å². The Labute approximate surface area is 163 Å². The summed E-state index contributed by atoms with van der Waals surface area (Å²) in [6, 6.07) is 15.3. The van der Waals surface area contributed by atoms with E-state index >= 15 is 0 Å². The fourth-order valence-electron chi connectivity index (χ4n) is 3.90. The molecule has 0 saturated heterocycles. The molecular weight excluding hydrogens is 362 g/mol. The third-order valence-corrected chi connectivity index (χ3v) is 5.69. The van der Waals surface area contributed by atoms with Gasteiger partial charge in [-0.25, -0.2) is 8.78 Å². The summed E-state index contributed by atoms with van der Waals surface area (Å²) in [4.78, 5) is 0. The van der Waals surface area contributed by atoms with Crippen molar-refractivity contribution in [3.05, 3.63) is 81.9 Å². The van der Waals surface area contributed by atoms with Crippen molar-refractivity contribution in [2.75, 3.05) is 0 Å². The van der Waals surface area contributed by atoms with E-state index in [1.54, 1.807) is 0 Å². The molecule has 0 saturated carbocycles. The van der Waals surface area contributed by atoms with E-state index in [0.717, 1.165) is 18.4 Å². The number of aryl methyl sites for hydroxylation is 1. The number of hydrogen-bond donors (Lipinski definition) is 0. The average molecular weight is 383 g/mol. The van der Waals surface area contributed by atoms with Gasteiger partial charge in [0.25, 0.3) is 0 Å². The zero-order valence-corrected chi connectivity index (χ0v) is 16.0. The molecule has 0 aliphatic heterocycles. The number of fused-ring (bicyclic) bond motifs is 3. The Morgan fingerprint density at radius 2 is 1.48 bits per heavy atom. The number of unbranched alkanes of at least 4 members (excludes halogenated alkanes) is 2. The van der Waals surface area contributed by atoms with Crippen LogP contribution in [0.2, 0.25) is 5.02 Å². The molecule has 0 radical (unpaired) electrons. The molecule has 0 fully saturated rings. The molecule has 3 aromatic rings. The molecule has 27 heavy (non-hydrogen) atoms. The minimum absolute atomic E-state index is 0.456. The summed E-state index contributed by atoms with van der Waals surface area (Å²) in [7, 11) is 0. The SMILES string of the molecule is CCCCCc1ccc2c(c1)Cc1cc(-c3cc(F)c(Cl)c(F)c3)ccc1-2. The Kier molecular flexibility index (Phi) is 5.01. The predicted molar refractivity (Wildman–Crippen MR) is 108 cm³/mol. The summed E-state index contributed by atoms with van der Waals surface area (Å²) in [6.45, 7) is 2.22. The molecule has 3 aromatic carbocycles. The van der Waals surface area contributed by atoms with E-state index in [-0.39, 0.29) is 0 Å². The fraction of sp³-hybridized carbons (Fsp3) is 0.250.